The first-order valence-electron chi connectivity index (χ1n) is 17.3. The van der Waals surface area contributed by atoms with Crippen LogP contribution in [-0.4, -0.2) is 6.04 Å². The number of benzene rings is 5. The molecule has 10 rings (SSSR count). The van der Waals surface area contributed by atoms with Gasteiger partial charge in [0.1, 0.15) is 0 Å². The lowest BCUT2D eigenvalue weighted by atomic mass is 9.67. The molecule has 2 unspecified atom stereocenters. The molecule has 0 spiro atoms. The largest absolute Gasteiger partial charge is 0.338 e. The second kappa shape index (κ2) is 9.97. The van der Waals surface area contributed by atoms with Crippen LogP contribution in [0.2, 0.25) is 0 Å². The highest BCUT2D eigenvalue weighted by Gasteiger charge is 2.43. The van der Waals surface area contributed by atoms with Gasteiger partial charge in [-0.2, -0.15) is 0 Å². The van der Waals surface area contributed by atoms with Crippen LogP contribution in [0.25, 0.3) is 39.0 Å². The molecule has 1 fully saturated rings. The van der Waals surface area contributed by atoms with E-state index in [9.17, 15) is 0 Å². The van der Waals surface area contributed by atoms with Crippen LogP contribution in [-0.2, 0) is 5.41 Å². The number of nitrogens with zero attached hydrogens (tertiary/aromatic N) is 1. The highest BCUT2D eigenvalue weighted by atomic mass is 15.2. The minimum absolute atomic E-state index is 0.123. The lowest BCUT2D eigenvalue weighted by Crippen LogP contribution is -2.38. The number of allylic oxidation sites excluding steroid dienone is 4. The second-order valence-corrected chi connectivity index (χ2v) is 14.5. The molecule has 47 heavy (non-hydrogen) atoms. The lowest BCUT2D eigenvalue weighted by molar-refractivity contribution is 0.346. The van der Waals surface area contributed by atoms with E-state index in [1.165, 1.54) is 73.4 Å². The number of anilines is 2. The molecule has 5 aromatic carbocycles. The average Bonchev–Trinajstić information content (AvgIpc) is 3.29. The molecule has 0 radical (unpaired) electrons. The molecule has 5 aliphatic rings. The zero-order valence-electron chi connectivity index (χ0n) is 27.1. The van der Waals surface area contributed by atoms with Crippen LogP contribution in [0.1, 0.15) is 73.6 Å². The Bertz CT molecular complexity index is 2240. The summed E-state index contributed by atoms with van der Waals surface area (Å²) in [6.07, 6.45) is 8.78. The maximum Gasteiger partial charge on any atom is 0.0416 e. The van der Waals surface area contributed by atoms with Crippen LogP contribution in [0.15, 0.2) is 127 Å². The van der Waals surface area contributed by atoms with Gasteiger partial charge in [-0.3, -0.25) is 0 Å². The molecule has 0 saturated heterocycles. The number of hydrogen-bond donors (Lipinski definition) is 0. The summed E-state index contributed by atoms with van der Waals surface area (Å²) < 4.78 is 0. The molecule has 1 heteroatoms. The van der Waals surface area contributed by atoms with E-state index >= 15 is 0 Å². The standard InChI is InChI=1S/C46H37N/c1-46(2)42-22-8-4-7-16-34(42)35-26-24-31(28-43(35)46)47(29-13-5-3-6-14-29)30-23-25-33-38-19-12-20-39-40-21-11-18-37(45(40)41(33)27-30)32-15-9-10-17-36(32)44(38)39/h3,5-7,9-21,24,26,28,30,33,41H,4,23,25,27H2,1-2H3/t30?,33?,41-/m0/s1. The Hall–Kier alpha value is -5.06. The van der Waals surface area contributed by atoms with Gasteiger partial charge in [-0.25, -0.2) is 0 Å². The van der Waals surface area contributed by atoms with Crippen LogP contribution < -0.4 is 4.90 Å². The molecule has 5 aliphatic carbocycles. The molecule has 0 heterocycles. The normalized spacial score (nSPS) is 21.7. The van der Waals surface area contributed by atoms with Crippen molar-refractivity contribution in [3.8, 4) is 45.2 Å². The molecule has 6 bridgehead atoms. The Morgan fingerprint density at radius 2 is 1.40 bits per heavy atom. The molecule has 5 aromatic rings. The van der Waals surface area contributed by atoms with E-state index in [-0.39, 0.29) is 5.41 Å². The van der Waals surface area contributed by atoms with Gasteiger partial charge in [0.2, 0.25) is 0 Å². The third-order valence-corrected chi connectivity index (χ3v) is 11.8. The zero-order valence-corrected chi connectivity index (χ0v) is 27.1. The first-order valence-corrected chi connectivity index (χ1v) is 17.3. The molecular formula is C46H37N. The third-order valence-electron chi connectivity index (χ3n) is 11.8. The van der Waals surface area contributed by atoms with Crippen molar-refractivity contribution < 1.29 is 0 Å². The third kappa shape index (κ3) is 3.79. The van der Waals surface area contributed by atoms with Gasteiger partial charge in [-0.05, 0) is 117 Å². The Labute approximate surface area is 278 Å². The van der Waals surface area contributed by atoms with Crippen LogP contribution >= 0.6 is 0 Å². The summed E-state index contributed by atoms with van der Waals surface area (Å²) in [7, 11) is 0. The summed E-state index contributed by atoms with van der Waals surface area (Å²) in [5.41, 5.74) is 19.4. The van der Waals surface area contributed by atoms with Gasteiger partial charge in [-0.15, -0.1) is 0 Å². The maximum absolute atomic E-state index is 3.55. The Morgan fingerprint density at radius 1 is 0.660 bits per heavy atom. The number of hydrogen-bond acceptors (Lipinski definition) is 1. The van der Waals surface area contributed by atoms with Gasteiger partial charge in [0.05, 0.1) is 0 Å². The van der Waals surface area contributed by atoms with Crippen molar-refractivity contribution in [1.82, 2.24) is 0 Å². The highest BCUT2D eigenvalue weighted by Crippen LogP contribution is 2.60. The van der Waals surface area contributed by atoms with Crippen molar-refractivity contribution in [2.24, 2.45) is 0 Å². The zero-order chi connectivity index (χ0) is 31.3. The van der Waals surface area contributed by atoms with E-state index in [1.807, 2.05) is 0 Å². The molecule has 0 amide bonds. The van der Waals surface area contributed by atoms with Gasteiger partial charge in [0.25, 0.3) is 0 Å². The van der Waals surface area contributed by atoms with E-state index in [0.29, 0.717) is 17.9 Å². The molecule has 0 aromatic heterocycles. The summed E-state index contributed by atoms with van der Waals surface area (Å²) in [5.74, 6) is 7.89. The summed E-state index contributed by atoms with van der Waals surface area (Å²) in [6.45, 7) is 4.71. The quantitative estimate of drug-likeness (QED) is 0.182. The number of para-hydroxylation sites is 1. The molecule has 226 valence electrons. The minimum atomic E-state index is -0.123. The van der Waals surface area contributed by atoms with Gasteiger partial charge >= 0.3 is 0 Å². The Kier molecular flexibility index (Phi) is 5.75. The molecule has 1 nitrogen and oxygen atoms in total. The van der Waals surface area contributed by atoms with E-state index in [0.717, 1.165) is 19.3 Å². The van der Waals surface area contributed by atoms with E-state index in [1.54, 1.807) is 11.1 Å². The van der Waals surface area contributed by atoms with Crippen molar-refractivity contribution in [1.29, 1.82) is 0 Å². The van der Waals surface area contributed by atoms with Gasteiger partial charge in [-0.1, -0.05) is 123 Å². The average molecular weight is 604 g/mol. The van der Waals surface area contributed by atoms with Crippen LogP contribution in [0.5, 0.6) is 0 Å². The number of fused-ring (bicyclic) bond motifs is 6. The SMILES string of the molecule is CC1(C)C2=C(C=CCC#C2)c2ccc(N(c3ccccc3)C3CCC4c5cccc6c5-c5ccccc5-c5cccc-6c5[C@H]4C3)cc21. The summed E-state index contributed by atoms with van der Waals surface area (Å²) >= 11 is 0. The molecular weight excluding hydrogens is 567 g/mol. The van der Waals surface area contributed by atoms with E-state index in [4.69, 9.17) is 0 Å². The van der Waals surface area contributed by atoms with Crippen molar-refractivity contribution >= 4 is 16.9 Å². The summed E-state index contributed by atoms with van der Waals surface area (Å²) in [4.78, 5) is 2.68. The van der Waals surface area contributed by atoms with Crippen molar-refractivity contribution in [2.75, 3.05) is 4.90 Å². The van der Waals surface area contributed by atoms with Gasteiger partial charge < -0.3 is 4.90 Å². The maximum atomic E-state index is 3.55. The molecule has 0 N–H and O–H groups in total. The monoisotopic (exact) mass is 603 g/mol. The van der Waals surface area contributed by atoms with Crippen LogP contribution in [0.3, 0.4) is 0 Å². The Morgan fingerprint density at radius 3 is 2.28 bits per heavy atom. The molecule has 1 saturated carbocycles. The summed E-state index contributed by atoms with van der Waals surface area (Å²) in [6, 6.07) is 42.1. The van der Waals surface area contributed by atoms with Crippen molar-refractivity contribution in [3.05, 3.63) is 149 Å². The predicted molar refractivity (Wildman–Crippen MR) is 196 cm³/mol. The van der Waals surface area contributed by atoms with E-state index in [2.05, 4.69) is 152 Å². The molecule has 0 aliphatic heterocycles. The predicted octanol–water partition coefficient (Wildman–Crippen LogP) is 11.6. The van der Waals surface area contributed by atoms with Crippen molar-refractivity contribution in [3.63, 3.8) is 0 Å². The second-order valence-electron chi connectivity index (χ2n) is 14.5. The van der Waals surface area contributed by atoms with E-state index < -0.39 is 0 Å². The molecule has 3 atom stereocenters. The first-order chi connectivity index (χ1) is 23.1. The lowest BCUT2D eigenvalue weighted by Gasteiger charge is -2.44. The van der Waals surface area contributed by atoms with Crippen LogP contribution in [0, 0.1) is 11.8 Å². The first kappa shape index (κ1) is 27.1. The fourth-order valence-corrected chi connectivity index (χ4v) is 9.82. The fourth-order valence-electron chi connectivity index (χ4n) is 9.82. The Balaban J connectivity index is 1.12. The minimum Gasteiger partial charge on any atom is -0.338 e. The van der Waals surface area contributed by atoms with Gasteiger partial charge in [0, 0.05) is 34.8 Å². The van der Waals surface area contributed by atoms with Crippen molar-refractivity contribution in [2.45, 2.75) is 62.8 Å². The number of rotatable bonds is 3. The van der Waals surface area contributed by atoms with Gasteiger partial charge in [0.15, 0.2) is 0 Å². The highest BCUT2D eigenvalue weighted by molar-refractivity contribution is 6.01. The summed E-state index contributed by atoms with van der Waals surface area (Å²) in [5, 5.41) is 0. The topological polar surface area (TPSA) is 3.24 Å². The smallest absolute Gasteiger partial charge is 0.0416 e. The fraction of sp³-hybridized carbons (Fsp3) is 0.217. The van der Waals surface area contributed by atoms with Crippen LogP contribution in [0.4, 0.5) is 11.4 Å².